The van der Waals surface area contributed by atoms with Gasteiger partial charge in [0.2, 0.25) is 16.0 Å². The molecule has 108 valence electrons. The van der Waals surface area contributed by atoms with Gasteiger partial charge >= 0.3 is 0 Å². The van der Waals surface area contributed by atoms with E-state index in [0.717, 1.165) is 0 Å². The minimum atomic E-state index is -3.63. The van der Waals surface area contributed by atoms with E-state index in [1.54, 1.807) is 0 Å². The molecule has 8 heteroatoms. The molecule has 1 atom stereocenters. The molecule has 0 radical (unpaired) electrons. The van der Waals surface area contributed by atoms with Crippen LogP contribution in [0, 0.1) is 0 Å². The first-order valence-corrected chi connectivity index (χ1v) is 7.45. The molecule has 0 aromatic carbocycles. The van der Waals surface area contributed by atoms with E-state index >= 15 is 0 Å². The van der Waals surface area contributed by atoms with Crippen LogP contribution in [0.1, 0.15) is 20.3 Å². The van der Waals surface area contributed by atoms with Crippen LogP contribution in [-0.2, 0) is 14.8 Å². The molecule has 0 aliphatic heterocycles. The van der Waals surface area contributed by atoms with E-state index in [2.05, 4.69) is 9.97 Å². The summed E-state index contributed by atoms with van der Waals surface area (Å²) in [7, 11) is -2.09. The number of ether oxygens (including phenoxy) is 1. The normalized spacial score (nSPS) is 13.7. The van der Waals surface area contributed by atoms with Crippen molar-refractivity contribution in [2.24, 2.45) is 0 Å². The van der Waals surface area contributed by atoms with Gasteiger partial charge in [-0.2, -0.15) is 4.31 Å². The zero-order valence-electron chi connectivity index (χ0n) is 11.4. The number of sulfonamides is 1. The van der Waals surface area contributed by atoms with Crippen LogP contribution in [0.3, 0.4) is 0 Å². The summed E-state index contributed by atoms with van der Waals surface area (Å²) >= 11 is 0. The van der Waals surface area contributed by atoms with E-state index in [1.165, 1.54) is 23.8 Å². The molecule has 1 rings (SSSR count). The number of anilines is 1. The van der Waals surface area contributed by atoms with Crippen LogP contribution < -0.4 is 5.73 Å². The van der Waals surface area contributed by atoms with E-state index in [9.17, 15) is 8.42 Å². The van der Waals surface area contributed by atoms with Crippen molar-refractivity contribution < 1.29 is 13.2 Å². The van der Waals surface area contributed by atoms with Crippen molar-refractivity contribution >= 4 is 16.0 Å². The zero-order chi connectivity index (χ0) is 14.5. The topological polar surface area (TPSA) is 98.4 Å². The molecule has 0 aliphatic rings. The van der Waals surface area contributed by atoms with Crippen molar-refractivity contribution in [3.63, 3.8) is 0 Å². The molecule has 0 saturated heterocycles. The molecule has 1 aromatic rings. The molecule has 1 unspecified atom stereocenters. The molecule has 7 nitrogen and oxygen atoms in total. The van der Waals surface area contributed by atoms with Gasteiger partial charge in [-0.3, -0.25) is 0 Å². The van der Waals surface area contributed by atoms with Crippen molar-refractivity contribution in [1.82, 2.24) is 14.3 Å². The zero-order valence-corrected chi connectivity index (χ0v) is 12.2. The number of nitrogens with two attached hydrogens (primary N) is 1. The Morgan fingerprint density at radius 3 is 2.47 bits per heavy atom. The maximum Gasteiger partial charge on any atom is 0.246 e. The molecular weight excluding hydrogens is 268 g/mol. The Balaban J connectivity index is 3.07. The number of rotatable bonds is 7. The van der Waals surface area contributed by atoms with E-state index in [4.69, 9.17) is 10.5 Å². The van der Waals surface area contributed by atoms with E-state index in [1.807, 2.05) is 13.8 Å². The maximum atomic E-state index is 12.5. The second-order valence-electron chi connectivity index (χ2n) is 4.14. The first-order valence-electron chi connectivity index (χ1n) is 6.01. The first kappa shape index (κ1) is 15.8. The fourth-order valence-electron chi connectivity index (χ4n) is 1.56. The quantitative estimate of drug-likeness (QED) is 0.784. The number of hydrogen-bond acceptors (Lipinski definition) is 6. The average molecular weight is 288 g/mol. The van der Waals surface area contributed by atoms with Crippen LogP contribution >= 0.6 is 0 Å². The minimum Gasteiger partial charge on any atom is -0.383 e. The molecule has 2 N–H and O–H groups in total. The fraction of sp³-hybridized carbons (Fsp3) is 0.636. The van der Waals surface area contributed by atoms with Gasteiger partial charge < -0.3 is 10.5 Å². The number of hydrogen-bond donors (Lipinski definition) is 1. The Morgan fingerprint density at radius 1 is 1.42 bits per heavy atom. The SMILES string of the molecule is CCC(C)N(CCOC)S(=O)(=O)c1cnc(N)nc1. The van der Waals surface area contributed by atoms with Gasteiger partial charge in [0.1, 0.15) is 4.90 Å². The largest absolute Gasteiger partial charge is 0.383 e. The Hall–Kier alpha value is -1.25. The standard InChI is InChI=1S/C11H20N4O3S/c1-4-9(2)15(5-6-18-3)19(16,17)10-7-13-11(12)14-8-10/h7-9H,4-6H2,1-3H3,(H2,12,13,14). The average Bonchev–Trinajstić information content (AvgIpc) is 2.39. The summed E-state index contributed by atoms with van der Waals surface area (Å²) in [5.74, 6) is 0.0472. The monoisotopic (exact) mass is 288 g/mol. The van der Waals surface area contributed by atoms with Gasteiger partial charge in [-0.15, -0.1) is 0 Å². The lowest BCUT2D eigenvalue weighted by atomic mass is 10.3. The van der Waals surface area contributed by atoms with Gasteiger partial charge in [0, 0.05) is 19.7 Å². The van der Waals surface area contributed by atoms with Crippen molar-refractivity contribution in [2.45, 2.75) is 31.2 Å². The minimum absolute atomic E-state index is 0.0399. The van der Waals surface area contributed by atoms with Gasteiger partial charge in [0.05, 0.1) is 19.0 Å². The predicted molar refractivity (Wildman–Crippen MR) is 72.0 cm³/mol. The molecule has 0 bridgehead atoms. The van der Waals surface area contributed by atoms with Crippen LogP contribution in [0.5, 0.6) is 0 Å². The van der Waals surface area contributed by atoms with Gasteiger partial charge in [-0.1, -0.05) is 6.92 Å². The number of methoxy groups -OCH3 is 1. The Morgan fingerprint density at radius 2 is 2.00 bits per heavy atom. The molecule has 0 aliphatic carbocycles. The highest BCUT2D eigenvalue weighted by Crippen LogP contribution is 2.18. The Kier molecular flexibility index (Phi) is 5.64. The summed E-state index contributed by atoms with van der Waals surface area (Å²) in [4.78, 5) is 7.49. The molecule has 1 heterocycles. The van der Waals surface area contributed by atoms with E-state index < -0.39 is 10.0 Å². The molecule has 0 amide bonds. The summed E-state index contributed by atoms with van der Waals surface area (Å²) in [6.07, 6.45) is 3.15. The maximum absolute atomic E-state index is 12.5. The van der Waals surface area contributed by atoms with Crippen molar-refractivity contribution in [3.05, 3.63) is 12.4 Å². The summed E-state index contributed by atoms with van der Waals surface area (Å²) in [5.41, 5.74) is 5.36. The first-order chi connectivity index (χ1) is 8.93. The van der Waals surface area contributed by atoms with Gasteiger partial charge in [-0.25, -0.2) is 18.4 Å². The second kappa shape index (κ2) is 6.78. The summed E-state index contributed by atoms with van der Waals surface area (Å²) in [5, 5.41) is 0. The molecule has 19 heavy (non-hydrogen) atoms. The van der Waals surface area contributed by atoms with Gasteiger partial charge in [-0.05, 0) is 13.3 Å². The highest BCUT2D eigenvalue weighted by molar-refractivity contribution is 7.89. The molecule has 0 saturated carbocycles. The summed E-state index contributed by atoms with van der Waals surface area (Å²) < 4.78 is 31.4. The summed E-state index contributed by atoms with van der Waals surface area (Å²) in [6.45, 7) is 4.41. The lowest BCUT2D eigenvalue weighted by molar-refractivity contribution is 0.167. The molecular formula is C11H20N4O3S. The third-order valence-electron chi connectivity index (χ3n) is 2.85. The van der Waals surface area contributed by atoms with E-state index in [0.29, 0.717) is 13.0 Å². The van der Waals surface area contributed by atoms with Crippen LogP contribution in [-0.4, -0.2) is 49.0 Å². The number of aromatic nitrogens is 2. The highest BCUT2D eigenvalue weighted by atomic mass is 32.2. The number of nitrogens with zero attached hydrogens (tertiary/aromatic N) is 3. The second-order valence-corrected chi connectivity index (χ2v) is 6.03. The molecule has 1 aromatic heterocycles. The summed E-state index contributed by atoms with van der Waals surface area (Å²) in [6, 6.07) is -0.127. The Labute approximate surface area is 113 Å². The predicted octanol–water partition coefficient (Wildman–Crippen LogP) is 0.494. The van der Waals surface area contributed by atoms with Gasteiger partial charge in [0.15, 0.2) is 0 Å². The fourth-order valence-corrected chi connectivity index (χ4v) is 3.14. The molecule has 0 fully saturated rings. The Bertz CT molecular complexity index is 489. The number of nitrogen functional groups attached to an aromatic ring is 1. The molecule has 0 spiro atoms. The van der Waals surface area contributed by atoms with Crippen molar-refractivity contribution in [1.29, 1.82) is 0 Å². The third-order valence-corrected chi connectivity index (χ3v) is 4.82. The van der Waals surface area contributed by atoms with Crippen molar-refractivity contribution in [3.8, 4) is 0 Å². The lowest BCUT2D eigenvalue weighted by Crippen LogP contribution is -2.40. The van der Waals surface area contributed by atoms with Crippen molar-refractivity contribution in [2.75, 3.05) is 26.0 Å². The highest BCUT2D eigenvalue weighted by Gasteiger charge is 2.28. The van der Waals surface area contributed by atoms with E-state index in [-0.39, 0.29) is 23.4 Å². The third kappa shape index (κ3) is 3.85. The van der Waals surface area contributed by atoms with Crippen LogP contribution in [0.15, 0.2) is 17.3 Å². The van der Waals surface area contributed by atoms with Crippen LogP contribution in [0.25, 0.3) is 0 Å². The lowest BCUT2D eigenvalue weighted by Gasteiger charge is -2.27. The van der Waals surface area contributed by atoms with Gasteiger partial charge in [0.25, 0.3) is 0 Å². The van der Waals surface area contributed by atoms with Crippen LogP contribution in [0.2, 0.25) is 0 Å². The van der Waals surface area contributed by atoms with Crippen LogP contribution in [0.4, 0.5) is 5.95 Å². The smallest absolute Gasteiger partial charge is 0.246 e.